The van der Waals surface area contributed by atoms with Gasteiger partial charge in [0.1, 0.15) is 16.7 Å². The summed E-state index contributed by atoms with van der Waals surface area (Å²) in [4.78, 5) is 14.3. The van der Waals surface area contributed by atoms with Crippen molar-refractivity contribution in [1.29, 1.82) is 0 Å². The lowest BCUT2D eigenvalue weighted by Gasteiger charge is -2.22. The molecule has 6 rings (SSSR count). The van der Waals surface area contributed by atoms with E-state index in [4.69, 9.17) is 39.8 Å². The molecule has 0 unspecified atom stereocenters. The first-order valence-corrected chi connectivity index (χ1v) is 15.9. The summed E-state index contributed by atoms with van der Waals surface area (Å²) in [6.45, 7) is 5.60. The summed E-state index contributed by atoms with van der Waals surface area (Å²) < 4.78 is 0. The van der Waals surface area contributed by atoms with Crippen LogP contribution >= 0.6 is 34.8 Å². The highest BCUT2D eigenvalue weighted by atomic mass is 35.5. The van der Waals surface area contributed by atoms with Crippen LogP contribution in [0.25, 0.3) is 23.3 Å². The molecule has 4 aromatic rings. The van der Waals surface area contributed by atoms with Crippen LogP contribution in [0.1, 0.15) is 48.2 Å². The van der Waals surface area contributed by atoms with E-state index in [1.807, 2.05) is 72.8 Å². The number of anilines is 2. The van der Waals surface area contributed by atoms with E-state index in [1.165, 1.54) is 25.7 Å². The number of halogens is 3. The monoisotopic (exact) mass is 633 g/mol. The summed E-state index contributed by atoms with van der Waals surface area (Å²) in [6, 6.07) is 19.1. The molecule has 1 aromatic heterocycles. The SMILES string of the molecule is Oc1c(CN2CCCC2)cc(Nc2nc(/C=C/c3ccc(Cl)cc3)nc(Cl)c2-c2ccc(Cl)cc2)cc1CN1CCCC1. The van der Waals surface area contributed by atoms with Gasteiger partial charge in [-0.05, 0) is 105 Å². The molecule has 0 spiro atoms. The van der Waals surface area contributed by atoms with Crippen molar-refractivity contribution >= 4 is 58.5 Å². The fourth-order valence-electron chi connectivity index (χ4n) is 5.80. The maximum Gasteiger partial charge on any atom is 0.156 e. The Labute approximate surface area is 267 Å². The van der Waals surface area contributed by atoms with Crippen LogP contribution in [0, 0.1) is 0 Å². The minimum absolute atomic E-state index is 0.323. The van der Waals surface area contributed by atoms with Crippen molar-refractivity contribution in [3.63, 3.8) is 0 Å². The van der Waals surface area contributed by atoms with Gasteiger partial charge in [0.2, 0.25) is 0 Å². The van der Waals surface area contributed by atoms with Crippen molar-refractivity contribution in [2.75, 3.05) is 31.5 Å². The van der Waals surface area contributed by atoms with Crippen LogP contribution in [0.3, 0.4) is 0 Å². The number of hydrogen-bond donors (Lipinski definition) is 2. The molecule has 0 amide bonds. The van der Waals surface area contributed by atoms with Gasteiger partial charge >= 0.3 is 0 Å². The second kappa shape index (κ2) is 13.7. The molecule has 6 nitrogen and oxygen atoms in total. The van der Waals surface area contributed by atoms with Gasteiger partial charge in [0.15, 0.2) is 5.82 Å². The van der Waals surface area contributed by atoms with E-state index < -0.39 is 0 Å². The average Bonchev–Trinajstić information content (AvgIpc) is 3.71. The predicted octanol–water partition coefficient (Wildman–Crippen LogP) is 8.92. The molecule has 2 saturated heterocycles. The Kier molecular flexibility index (Phi) is 9.51. The molecule has 2 fully saturated rings. The number of hydrogen-bond acceptors (Lipinski definition) is 6. The van der Waals surface area contributed by atoms with Gasteiger partial charge < -0.3 is 10.4 Å². The Bertz CT molecular complexity index is 1560. The molecule has 222 valence electrons. The number of nitrogens with one attached hydrogen (secondary N) is 1. The third-order valence-electron chi connectivity index (χ3n) is 8.03. The Morgan fingerprint density at radius 1 is 0.721 bits per heavy atom. The van der Waals surface area contributed by atoms with Gasteiger partial charge in [-0.2, -0.15) is 0 Å². The lowest BCUT2D eigenvalue weighted by atomic mass is 10.0. The molecule has 3 heterocycles. The second-order valence-electron chi connectivity index (χ2n) is 11.2. The Hall–Kier alpha value is -3.13. The number of aromatic nitrogens is 2. The average molecular weight is 635 g/mol. The van der Waals surface area contributed by atoms with Crippen LogP contribution < -0.4 is 5.32 Å². The highest BCUT2D eigenvalue weighted by Gasteiger charge is 2.21. The third kappa shape index (κ3) is 7.51. The standard InChI is InChI=1S/C34H34Cl3N5O/c35-27-10-5-23(6-11-27)7-14-30-39-33(37)31(24-8-12-28(36)13-9-24)34(40-30)38-29-19-25(21-41-15-1-2-16-41)32(43)26(20-29)22-42-17-3-4-18-42/h5-14,19-20,43H,1-4,15-18,21-22H2,(H,38,39,40)/b14-7+. The van der Waals surface area contributed by atoms with E-state index in [2.05, 4.69) is 20.1 Å². The Morgan fingerprint density at radius 3 is 1.81 bits per heavy atom. The van der Waals surface area contributed by atoms with Crippen molar-refractivity contribution < 1.29 is 5.11 Å². The molecule has 0 aliphatic carbocycles. The molecule has 0 radical (unpaired) electrons. The van der Waals surface area contributed by atoms with E-state index in [-0.39, 0.29) is 0 Å². The molecule has 3 aromatic carbocycles. The molecule has 43 heavy (non-hydrogen) atoms. The van der Waals surface area contributed by atoms with Crippen molar-refractivity contribution in [2.24, 2.45) is 0 Å². The molecule has 0 bridgehead atoms. The van der Waals surface area contributed by atoms with E-state index in [9.17, 15) is 5.11 Å². The Morgan fingerprint density at radius 2 is 1.26 bits per heavy atom. The van der Waals surface area contributed by atoms with Crippen molar-refractivity contribution in [3.05, 3.63) is 98.4 Å². The zero-order chi connectivity index (χ0) is 29.8. The summed E-state index contributed by atoms with van der Waals surface area (Å²) in [6.07, 6.45) is 8.52. The fraction of sp³-hybridized carbons (Fsp3) is 0.294. The quantitative estimate of drug-likeness (QED) is 0.142. The van der Waals surface area contributed by atoms with Gasteiger partial charge in [-0.15, -0.1) is 0 Å². The number of benzene rings is 3. The number of phenols is 1. The number of likely N-dealkylation sites (tertiary alicyclic amines) is 2. The van der Waals surface area contributed by atoms with Crippen LogP contribution in [0.4, 0.5) is 11.5 Å². The van der Waals surface area contributed by atoms with Gasteiger partial charge in [-0.3, -0.25) is 9.80 Å². The van der Waals surface area contributed by atoms with E-state index in [1.54, 1.807) is 0 Å². The summed E-state index contributed by atoms with van der Waals surface area (Å²) in [7, 11) is 0. The first-order valence-electron chi connectivity index (χ1n) is 14.7. The van der Waals surface area contributed by atoms with Crippen molar-refractivity contribution in [2.45, 2.75) is 38.8 Å². The molecule has 2 aliphatic rings. The number of rotatable bonds is 9. The van der Waals surface area contributed by atoms with Gasteiger partial charge in [0.05, 0.1) is 5.56 Å². The van der Waals surface area contributed by atoms with E-state index >= 15 is 0 Å². The predicted molar refractivity (Wildman–Crippen MR) is 178 cm³/mol. The third-order valence-corrected chi connectivity index (χ3v) is 8.80. The smallest absolute Gasteiger partial charge is 0.156 e. The summed E-state index contributed by atoms with van der Waals surface area (Å²) in [5, 5.41) is 16.6. The zero-order valence-corrected chi connectivity index (χ0v) is 26.1. The van der Waals surface area contributed by atoms with Crippen LogP contribution in [-0.4, -0.2) is 51.1 Å². The van der Waals surface area contributed by atoms with E-state index in [0.29, 0.717) is 51.2 Å². The van der Waals surface area contributed by atoms with Crippen LogP contribution in [0.15, 0.2) is 60.7 Å². The highest BCUT2D eigenvalue weighted by Crippen LogP contribution is 2.37. The maximum atomic E-state index is 11.4. The van der Waals surface area contributed by atoms with E-state index in [0.717, 1.165) is 54.1 Å². The summed E-state index contributed by atoms with van der Waals surface area (Å²) >= 11 is 19.1. The first-order chi connectivity index (χ1) is 20.9. The molecule has 0 atom stereocenters. The lowest BCUT2D eigenvalue weighted by Crippen LogP contribution is -2.20. The normalized spacial score (nSPS) is 16.0. The minimum Gasteiger partial charge on any atom is -0.507 e. The second-order valence-corrected chi connectivity index (χ2v) is 12.5. The first kappa shape index (κ1) is 29.9. The molecule has 9 heteroatoms. The molecule has 0 saturated carbocycles. The molecule has 2 N–H and O–H groups in total. The van der Waals surface area contributed by atoms with Gasteiger partial charge in [-0.1, -0.05) is 65.1 Å². The van der Waals surface area contributed by atoms with Gasteiger partial charge in [0.25, 0.3) is 0 Å². The maximum absolute atomic E-state index is 11.4. The minimum atomic E-state index is 0.323. The number of nitrogens with zero attached hydrogens (tertiary/aromatic N) is 4. The van der Waals surface area contributed by atoms with Crippen molar-refractivity contribution in [3.8, 4) is 16.9 Å². The highest BCUT2D eigenvalue weighted by molar-refractivity contribution is 6.33. The molecule has 2 aliphatic heterocycles. The van der Waals surface area contributed by atoms with Gasteiger partial charge in [-0.25, -0.2) is 9.97 Å². The summed E-state index contributed by atoms with van der Waals surface area (Å²) in [5.41, 5.74) is 5.17. The zero-order valence-electron chi connectivity index (χ0n) is 23.9. The molecular formula is C34H34Cl3N5O. The van der Waals surface area contributed by atoms with Crippen LogP contribution in [-0.2, 0) is 13.1 Å². The molecular weight excluding hydrogens is 601 g/mol. The Balaban J connectivity index is 1.40. The van der Waals surface area contributed by atoms with Crippen molar-refractivity contribution in [1.82, 2.24) is 19.8 Å². The lowest BCUT2D eigenvalue weighted by molar-refractivity contribution is 0.312. The van der Waals surface area contributed by atoms with Gasteiger partial charge in [0, 0.05) is 39.9 Å². The van der Waals surface area contributed by atoms with Crippen LogP contribution in [0.2, 0.25) is 15.2 Å². The number of phenolic OH excluding ortho intramolecular Hbond substituents is 1. The topological polar surface area (TPSA) is 64.5 Å². The largest absolute Gasteiger partial charge is 0.507 e. The fourth-order valence-corrected chi connectivity index (χ4v) is 6.34. The summed E-state index contributed by atoms with van der Waals surface area (Å²) in [5.74, 6) is 1.42. The van der Waals surface area contributed by atoms with Crippen LogP contribution in [0.5, 0.6) is 5.75 Å². The number of aromatic hydroxyl groups is 1.